The summed E-state index contributed by atoms with van der Waals surface area (Å²) in [6.45, 7) is 4.32. The smallest absolute Gasteiger partial charge is 0.0542 e. The fraction of sp³-hybridized carbons (Fsp3) is 0.417. The lowest BCUT2D eigenvalue weighted by molar-refractivity contribution is 0.740. The molecule has 0 radical (unpaired) electrons. The standard InChI is InChI=1S/C12H17N3S/c1-4-11(10-5-13-15(3)6-10)14-12-8-16-7-9(12)2/h5-8,11,14H,4H2,1-3H3. The summed E-state index contributed by atoms with van der Waals surface area (Å²) >= 11 is 1.74. The molecule has 0 saturated carbocycles. The van der Waals surface area contributed by atoms with Gasteiger partial charge in [0.2, 0.25) is 0 Å². The summed E-state index contributed by atoms with van der Waals surface area (Å²) in [5.74, 6) is 0. The van der Waals surface area contributed by atoms with Crippen LogP contribution in [0, 0.1) is 6.92 Å². The summed E-state index contributed by atoms with van der Waals surface area (Å²) in [6.07, 6.45) is 5.06. The van der Waals surface area contributed by atoms with E-state index >= 15 is 0 Å². The van der Waals surface area contributed by atoms with Crippen LogP contribution in [0.1, 0.15) is 30.5 Å². The summed E-state index contributed by atoms with van der Waals surface area (Å²) in [7, 11) is 1.95. The van der Waals surface area contributed by atoms with E-state index in [1.54, 1.807) is 11.3 Å². The molecule has 1 atom stereocenters. The number of nitrogens with zero attached hydrogens (tertiary/aromatic N) is 2. The van der Waals surface area contributed by atoms with Crippen molar-refractivity contribution >= 4 is 17.0 Å². The van der Waals surface area contributed by atoms with Crippen molar-refractivity contribution in [2.75, 3.05) is 5.32 Å². The summed E-state index contributed by atoms with van der Waals surface area (Å²) in [4.78, 5) is 0. The van der Waals surface area contributed by atoms with Crippen molar-refractivity contribution in [3.05, 3.63) is 34.3 Å². The van der Waals surface area contributed by atoms with Crippen LogP contribution in [0.25, 0.3) is 0 Å². The molecule has 0 aliphatic heterocycles. The Morgan fingerprint density at radius 1 is 1.50 bits per heavy atom. The highest BCUT2D eigenvalue weighted by atomic mass is 32.1. The van der Waals surface area contributed by atoms with Crippen LogP contribution in [0.4, 0.5) is 5.69 Å². The van der Waals surface area contributed by atoms with Crippen molar-refractivity contribution in [1.82, 2.24) is 9.78 Å². The van der Waals surface area contributed by atoms with Crippen molar-refractivity contribution in [1.29, 1.82) is 0 Å². The second kappa shape index (κ2) is 4.70. The molecule has 3 nitrogen and oxygen atoms in total. The molecule has 0 spiro atoms. The molecule has 4 heteroatoms. The second-order valence-electron chi connectivity index (χ2n) is 4.02. The maximum atomic E-state index is 4.22. The molecule has 86 valence electrons. The van der Waals surface area contributed by atoms with Crippen molar-refractivity contribution in [2.45, 2.75) is 26.3 Å². The molecule has 2 rings (SSSR count). The second-order valence-corrected chi connectivity index (χ2v) is 4.76. The van der Waals surface area contributed by atoms with Crippen molar-refractivity contribution in [3.8, 4) is 0 Å². The fourth-order valence-electron chi connectivity index (χ4n) is 1.74. The molecule has 2 heterocycles. The number of aromatic nitrogens is 2. The van der Waals surface area contributed by atoms with Gasteiger partial charge in [0.1, 0.15) is 0 Å². The minimum Gasteiger partial charge on any atom is -0.377 e. The average molecular weight is 235 g/mol. The largest absolute Gasteiger partial charge is 0.377 e. The first-order valence-corrected chi connectivity index (χ1v) is 6.43. The number of thiophene rings is 1. The maximum Gasteiger partial charge on any atom is 0.0542 e. The van der Waals surface area contributed by atoms with Crippen LogP contribution in [-0.2, 0) is 7.05 Å². The van der Waals surface area contributed by atoms with Gasteiger partial charge in [-0.2, -0.15) is 5.10 Å². The molecule has 1 unspecified atom stereocenters. The van der Waals surface area contributed by atoms with Crippen LogP contribution in [0.2, 0.25) is 0 Å². The van der Waals surface area contributed by atoms with Crippen LogP contribution in [-0.4, -0.2) is 9.78 Å². The summed E-state index contributed by atoms with van der Waals surface area (Å²) < 4.78 is 1.85. The Hall–Kier alpha value is -1.29. The van der Waals surface area contributed by atoms with Gasteiger partial charge in [-0.1, -0.05) is 6.92 Å². The zero-order valence-electron chi connectivity index (χ0n) is 9.90. The zero-order valence-corrected chi connectivity index (χ0v) is 10.7. The van der Waals surface area contributed by atoms with Crippen LogP contribution in [0.15, 0.2) is 23.2 Å². The molecular weight excluding hydrogens is 218 g/mol. The molecule has 0 amide bonds. The first-order valence-electron chi connectivity index (χ1n) is 5.48. The highest BCUT2D eigenvalue weighted by Gasteiger charge is 2.12. The van der Waals surface area contributed by atoms with Gasteiger partial charge in [0, 0.05) is 29.9 Å². The summed E-state index contributed by atoms with van der Waals surface area (Å²) in [5.41, 5.74) is 3.80. The molecular formula is C12H17N3S. The fourth-order valence-corrected chi connectivity index (χ4v) is 2.53. The zero-order chi connectivity index (χ0) is 11.5. The van der Waals surface area contributed by atoms with E-state index in [1.807, 2.05) is 17.9 Å². The number of nitrogens with one attached hydrogen (secondary N) is 1. The van der Waals surface area contributed by atoms with E-state index in [9.17, 15) is 0 Å². The molecule has 0 aliphatic rings. The van der Waals surface area contributed by atoms with Gasteiger partial charge in [0.25, 0.3) is 0 Å². The summed E-state index contributed by atoms with van der Waals surface area (Å²) in [5, 5.41) is 12.1. The molecule has 0 bridgehead atoms. The third kappa shape index (κ3) is 2.27. The Balaban J connectivity index is 2.15. The van der Waals surface area contributed by atoms with Gasteiger partial charge < -0.3 is 5.32 Å². The van der Waals surface area contributed by atoms with E-state index in [0.717, 1.165) is 6.42 Å². The normalized spacial score (nSPS) is 12.7. The van der Waals surface area contributed by atoms with E-state index in [4.69, 9.17) is 0 Å². The predicted octanol–water partition coefficient (Wildman–Crippen LogP) is 3.35. The molecule has 0 saturated heterocycles. The Morgan fingerprint density at radius 3 is 2.81 bits per heavy atom. The molecule has 2 aromatic heterocycles. The molecule has 16 heavy (non-hydrogen) atoms. The van der Waals surface area contributed by atoms with Gasteiger partial charge in [-0.3, -0.25) is 4.68 Å². The Bertz CT molecular complexity index is 458. The highest BCUT2D eigenvalue weighted by Crippen LogP contribution is 2.26. The average Bonchev–Trinajstić information content (AvgIpc) is 2.85. The van der Waals surface area contributed by atoms with Gasteiger partial charge in [0.15, 0.2) is 0 Å². The Morgan fingerprint density at radius 2 is 2.31 bits per heavy atom. The van der Waals surface area contributed by atoms with E-state index in [1.165, 1.54) is 16.8 Å². The Kier molecular flexibility index (Phi) is 3.29. The van der Waals surface area contributed by atoms with E-state index in [2.05, 4.69) is 41.2 Å². The highest BCUT2D eigenvalue weighted by molar-refractivity contribution is 7.08. The van der Waals surface area contributed by atoms with Crippen LogP contribution >= 0.6 is 11.3 Å². The quantitative estimate of drug-likeness (QED) is 0.880. The molecule has 0 aromatic carbocycles. The van der Waals surface area contributed by atoms with Crippen LogP contribution in [0.5, 0.6) is 0 Å². The van der Waals surface area contributed by atoms with E-state index < -0.39 is 0 Å². The number of aryl methyl sites for hydroxylation is 2. The first kappa shape index (κ1) is 11.2. The van der Waals surface area contributed by atoms with Crippen LogP contribution < -0.4 is 5.32 Å². The topological polar surface area (TPSA) is 29.9 Å². The predicted molar refractivity (Wildman–Crippen MR) is 68.9 cm³/mol. The molecule has 0 fully saturated rings. The lowest BCUT2D eigenvalue weighted by Gasteiger charge is -2.16. The SMILES string of the molecule is CCC(Nc1cscc1C)c1cnn(C)c1. The van der Waals surface area contributed by atoms with Crippen molar-refractivity contribution in [3.63, 3.8) is 0 Å². The maximum absolute atomic E-state index is 4.22. The van der Waals surface area contributed by atoms with Gasteiger partial charge >= 0.3 is 0 Å². The van der Waals surface area contributed by atoms with E-state index in [0.29, 0.717) is 6.04 Å². The van der Waals surface area contributed by atoms with Gasteiger partial charge in [-0.05, 0) is 24.3 Å². The lowest BCUT2D eigenvalue weighted by Crippen LogP contribution is -2.09. The molecule has 0 aliphatic carbocycles. The summed E-state index contributed by atoms with van der Waals surface area (Å²) in [6, 6.07) is 0.349. The van der Waals surface area contributed by atoms with Crippen LogP contribution in [0.3, 0.4) is 0 Å². The first-order chi connectivity index (χ1) is 7.70. The number of rotatable bonds is 4. The number of anilines is 1. The third-order valence-corrected chi connectivity index (χ3v) is 3.58. The third-order valence-electron chi connectivity index (χ3n) is 2.72. The minimum absolute atomic E-state index is 0.349. The van der Waals surface area contributed by atoms with Crippen molar-refractivity contribution < 1.29 is 0 Å². The van der Waals surface area contributed by atoms with E-state index in [-0.39, 0.29) is 0 Å². The molecule has 2 aromatic rings. The van der Waals surface area contributed by atoms with Gasteiger partial charge in [-0.25, -0.2) is 0 Å². The van der Waals surface area contributed by atoms with Crippen molar-refractivity contribution in [2.24, 2.45) is 7.05 Å². The van der Waals surface area contributed by atoms with Gasteiger partial charge in [0.05, 0.1) is 12.2 Å². The number of hydrogen-bond donors (Lipinski definition) is 1. The minimum atomic E-state index is 0.349. The lowest BCUT2D eigenvalue weighted by atomic mass is 10.1. The molecule has 1 N–H and O–H groups in total. The van der Waals surface area contributed by atoms with Gasteiger partial charge in [-0.15, -0.1) is 11.3 Å². The Labute approximate surface area is 100 Å². The number of hydrogen-bond acceptors (Lipinski definition) is 3. The monoisotopic (exact) mass is 235 g/mol.